The summed E-state index contributed by atoms with van der Waals surface area (Å²) in [6.45, 7) is 2.01. The third kappa shape index (κ3) is 4.66. The van der Waals surface area contributed by atoms with Crippen LogP contribution in [0.1, 0.15) is 24.5 Å². The molecule has 0 aliphatic carbocycles. The van der Waals surface area contributed by atoms with Crippen LogP contribution in [0.25, 0.3) is 0 Å². The minimum Gasteiger partial charge on any atom is -0.392 e. The molecule has 0 aliphatic rings. The molecule has 0 saturated heterocycles. The van der Waals surface area contributed by atoms with Crippen molar-refractivity contribution in [2.45, 2.75) is 38.5 Å². The van der Waals surface area contributed by atoms with E-state index < -0.39 is 18.7 Å². The number of aliphatic hydroxyl groups excluding tert-OH is 1. The van der Waals surface area contributed by atoms with E-state index in [2.05, 4.69) is 0 Å². The minimum absolute atomic E-state index is 0.0451. The molecule has 1 nitrogen and oxygen atoms in total. The van der Waals surface area contributed by atoms with Crippen LogP contribution in [0, 0.1) is 0 Å². The maximum atomic E-state index is 12.0. The van der Waals surface area contributed by atoms with Crippen LogP contribution in [0.5, 0.6) is 0 Å². The highest BCUT2D eigenvalue weighted by Crippen LogP contribution is 2.23. The minimum atomic E-state index is -4.30. The van der Waals surface area contributed by atoms with Crippen molar-refractivity contribution in [2.24, 2.45) is 0 Å². The molecule has 16 heavy (non-hydrogen) atoms. The highest BCUT2D eigenvalue weighted by atomic mass is 19.4. The molecule has 0 fully saturated rings. The van der Waals surface area contributed by atoms with Gasteiger partial charge in [-0.15, -0.1) is 0 Å². The number of hydrogen-bond donors (Lipinski definition) is 1. The Morgan fingerprint density at radius 1 is 1.12 bits per heavy atom. The van der Waals surface area contributed by atoms with E-state index in [9.17, 15) is 18.3 Å². The topological polar surface area (TPSA) is 20.2 Å². The Labute approximate surface area is 92.9 Å². The Hall–Kier alpha value is -1.03. The SMILES string of the molecule is CCc1ccc(CC(O)CC(F)(F)F)cc1. The molecule has 1 aromatic rings. The molecule has 0 amide bonds. The summed E-state index contributed by atoms with van der Waals surface area (Å²) in [5.74, 6) is 0. The molecule has 1 rings (SSSR count). The van der Waals surface area contributed by atoms with Crippen molar-refractivity contribution in [1.29, 1.82) is 0 Å². The van der Waals surface area contributed by atoms with Gasteiger partial charge in [0.05, 0.1) is 12.5 Å². The molecule has 0 radical (unpaired) electrons. The van der Waals surface area contributed by atoms with Gasteiger partial charge < -0.3 is 5.11 Å². The Balaban J connectivity index is 2.53. The molecule has 1 unspecified atom stereocenters. The van der Waals surface area contributed by atoms with Crippen molar-refractivity contribution in [3.05, 3.63) is 35.4 Å². The lowest BCUT2D eigenvalue weighted by Gasteiger charge is -2.13. The largest absolute Gasteiger partial charge is 0.392 e. The van der Waals surface area contributed by atoms with E-state index in [0.29, 0.717) is 0 Å². The predicted molar refractivity (Wildman–Crippen MR) is 56.2 cm³/mol. The number of aliphatic hydroxyl groups is 1. The predicted octanol–water partition coefficient (Wildman–Crippen LogP) is 3.10. The second-order valence-corrected chi connectivity index (χ2v) is 3.85. The zero-order chi connectivity index (χ0) is 12.2. The van der Waals surface area contributed by atoms with Crippen LogP contribution in [0.3, 0.4) is 0 Å². The lowest BCUT2D eigenvalue weighted by atomic mass is 10.0. The van der Waals surface area contributed by atoms with Gasteiger partial charge in [0.15, 0.2) is 0 Å². The van der Waals surface area contributed by atoms with Gasteiger partial charge in [0.25, 0.3) is 0 Å². The Morgan fingerprint density at radius 3 is 2.06 bits per heavy atom. The van der Waals surface area contributed by atoms with E-state index in [1.165, 1.54) is 0 Å². The van der Waals surface area contributed by atoms with Crippen LogP contribution in [-0.4, -0.2) is 17.4 Å². The Kier molecular flexibility index (Phi) is 4.35. The summed E-state index contributed by atoms with van der Waals surface area (Å²) in [5.41, 5.74) is 1.86. The van der Waals surface area contributed by atoms with Gasteiger partial charge in [-0.2, -0.15) is 13.2 Å². The zero-order valence-corrected chi connectivity index (χ0v) is 9.09. The number of hydrogen-bond acceptors (Lipinski definition) is 1. The third-order valence-electron chi connectivity index (χ3n) is 2.37. The Bertz CT molecular complexity index is 316. The third-order valence-corrected chi connectivity index (χ3v) is 2.37. The molecule has 1 atom stereocenters. The standard InChI is InChI=1S/C12H15F3O/c1-2-9-3-5-10(6-4-9)7-11(16)8-12(13,14)15/h3-6,11,16H,2,7-8H2,1H3. The van der Waals surface area contributed by atoms with Gasteiger partial charge in [0.1, 0.15) is 0 Å². The molecule has 1 N–H and O–H groups in total. The van der Waals surface area contributed by atoms with Crippen molar-refractivity contribution in [3.8, 4) is 0 Å². The van der Waals surface area contributed by atoms with Crippen LogP contribution in [0.4, 0.5) is 13.2 Å². The fourth-order valence-corrected chi connectivity index (χ4v) is 1.52. The van der Waals surface area contributed by atoms with Gasteiger partial charge in [-0.25, -0.2) is 0 Å². The summed E-state index contributed by atoms with van der Waals surface area (Å²) >= 11 is 0. The van der Waals surface area contributed by atoms with Gasteiger partial charge in [-0.3, -0.25) is 0 Å². The van der Waals surface area contributed by atoms with Crippen molar-refractivity contribution < 1.29 is 18.3 Å². The number of alkyl halides is 3. The second kappa shape index (κ2) is 5.34. The molecule has 0 aromatic heterocycles. The molecule has 90 valence electrons. The van der Waals surface area contributed by atoms with E-state index in [-0.39, 0.29) is 6.42 Å². The van der Waals surface area contributed by atoms with Gasteiger partial charge in [0, 0.05) is 0 Å². The van der Waals surface area contributed by atoms with Crippen LogP contribution in [-0.2, 0) is 12.8 Å². The summed E-state index contributed by atoms with van der Waals surface area (Å²) in [4.78, 5) is 0. The monoisotopic (exact) mass is 232 g/mol. The summed E-state index contributed by atoms with van der Waals surface area (Å²) in [6, 6.07) is 7.27. The fraction of sp³-hybridized carbons (Fsp3) is 0.500. The maximum Gasteiger partial charge on any atom is 0.391 e. The van der Waals surface area contributed by atoms with E-state index >= 15 is 0 Å². The first-order valence-corrected chi connectivity index (χ1v) is 5.23. The van der Waals surface area contributed by atoms with Gasteiger partial charge >= 0.3 is 6.18 Å². The maximum absolute atomic E-state index is 12.0. The number of aryl methyl sites for hydroxylation is 1. The smallest absolute Gasteiger partial charge is 0.391 e. The quantitative estimate of drug-likeness (QED) is 0.845. The average Bonchev–Trinajstić information content (AvgIpc) is 2.16. The van der Waals surface area contributed by atoms with E-state index in [4.69, 9.17) is 0 Å². The first-order chi connectivity index (χ1) is 7.40. The number of rotatable bonds is 4. The van der Waals surface area contributed by atoms with Crippen LogP contribution < -0.4 is 0 Å². The molecular weight excluding hydrogens is 217 g/mol. The molecule has 1 aromatic carbocycles. The fourth-order valence-electron chi connectivity index (χ4n) is 1.52. The van der Waals surface area contributed by atoms with Crippen LogP contribution >= 0.6 is 0 Å². The van der Waals surface area contributed by atoms with E-state index in [0.717, 1.165) is 17.5 Å². The van der Waals surface area contributed by atoms with Crippen molar-refractivity contribution in [2.75, 3.05) is 0 Å². The van der Waals surface area contributed by atoms with Crippen LogP contribution in [0.2, 0.25) is 0 Å². The van der Waals surface area contributed by atoms with Gasteiger partial charge in [-0.1, -0.05) is 31.2 Å². The lowest BCUT2D eigenvalue weighted by Crippen LogP contribution is -2.21. The number of halogens is 3. The summed E-state index contributed by atoms with van der Waals surface area (Å²) < 4.78 is 35.9. The molecule has 4 heteroatoms. The second-order valence-electron chi connectivity index (χ2n) is 3.85. The number of benzene rings is 1. The van der Waals surface area contributed by atoms with E-state index in [1.54, 1.807) is 12.1 Å². The summed E-state index contributed by atoms with van der Waals surface area (Å²) in [7, 11) is 0. The highest BCUT2D eigenvalue weighted by molar-refractivity contribution is 5.22. The molecular formula is C12H15F3O. The average molecular weight is 232 g/mol. The van der Waals surface area contributed by atoms with Crippen molar-refractivity contribution in [3.63, 3.8) is 0 Å². The van der Waals surface area contributed by atoms with Crippen molar-refractivity contribution in [1.82, 2.24) is 0 Å². The molecule has 0 heterocycles. The normalized spacial score (nSPS) is 13.8. The van der Waals surface area contributed by atoms with Gasteiger partial charge in [-0.05, 0) is 24.0 Å². The van der Waals surface area contributed by atoms with E-state index in [1.807, 2.05) is 19.1 Å². The van der Waals surface area contributed by atoms with Crippen LogP contribution in [0.15, 0.2) is 24.3 Å². The molecule has 0 saturated carbocycles. The zero-order valence-electron chi connectivity index (χ0n) is 9.09. The summed E-state index contributed by atoms with van der Waals surface area (Å²) in [5, 5.41) is 9.24. The Morgan fingerprint density at radius 2 is 1.62 bits per heavy atom. The molecule has 0 spiro atoms. The van der Waals surface area contributed by atoms with Gasteiger partial charge in [0.2, 0.25) is 0 Å². The highest BCUT2D eigenvalue weighted by Gasteiger charge is 2.30. The summed E-state index contributed by atoms with van der Waals surface area (Å²) in [6.07, 6.45) is -5.87. The van der Waals surface area contributed by atoms with Crippen molar-refractivity contribution >= 4 is 0 Å². The molecule has 0 aliphatic heterocycles. The first-order valence-electron chi connectivity index (χ1n) is 5.23. The lowest BCUT2D eigenvalue weighted by molar-refractivity contribution is -0.153. The molecule has 0 bridgehead atoms. The first kappa shape index (κ1) is 13.0.